The number of aromatic hydroxyl groups is 1. The van der Waals surface area contributed by atoms with Crippen LogP contribution in [0.15, 0.2) is 48.7 Å². The molecular formula is C24H23ClFN5O2. The predicted molar refractivity (Wildman–Crippen MR) is 128 cm³/mol. The van der Waals surface area contributed by atoms with Crippen molar-refractivity contribution in [2.24, 2.45) is 0 Å². The number of amides is 1. The number of likely N-dealkylation sites (N-methyl/N-ethyl adjacent to an activating group) is 1. The molecule has 7 nitrogen and oxygen atoms in total. The number of benzene rings is 2. The number of pyridine rings is 1. The fourth-order valence-electron chi connectivity index (χ4n) is 3.23. The topological polar surface area (TPSA) is 101 Å². The number of rotatable bonds is 8. The minimum atomic E-state index is -0.564. The highest BCUT2D eigenvalue weighted by Gasteiger charge is 2.14. The van der Waals surface area contributed by atoms with E-state index in [2.05, 4.69) is 26.6 Å². The van der Waals surface area contributed by atoms with E-state index in [-0.39, 0.29) is 22.0 Å². The normalized spacial score (nSPS) is 11.2. The van der Waals surface area contributed by atoms with Crippen LogP contribution in [0, 0.1) is 17.1 Å². The van der Waals surface area contributed by atoms with Crippen molar-refractivity contribution in [1.29, 1.82) is 5.26 Å². The highest BCUT2D eigenvalue weighted by atomic mass is 35.5. The largest absolute Gasteiger partial charge is 0.506 e. The Morgan fingerprint density at radius 3 is 2.73 bits per heavy atom. The standard InChI is InChI=1S/C24H23ClFN5O2/c1-3-31(4-2)9-5-6-23(33)30-21-11-17-20(12-22(21)32)28-14-15(13-27)24(17)29-16-7-8-19(26)18(25)10-16/h5-8,10-12,14,32H,3-4,9H2,1-2H3,(H,28,29)(H,30,33)/b6-5+. The number of nitriles is 1. The quantitative estimate of drug-likeness (QED) is 0.311. The molecule has 0 aliphatic carbocycles. The summed E-state index contributed by atoms with van der Waals surface area (Å²) < 4.78 is 13.5. The zero-order valence-electron chi connectivity index (χ0n) is 18.2. The van der Waals surface area contributed by atoms with E-state index in [0.717, 1.165) is 13.1 Å². The molecule has 170 valence electrons. The van der Waals surface area contributed by atoms with Gasteiger partial charge in [0.25, 0.3) is 0 Å². The van der Waals surface area contributed by atoms with Gasteiger partial charge in [0, 0.05) is 36.0 Å². The number of carbonyl (C=O) groups excluding carboxylic acids is 1. The van der Waals surface area contributed by atoms with E-state index in [1.807, 2.05) is 13.8 Å². The number of carbonyl (C=O) groups is 1. The second-order valence-electron chi connectivity index (χ2n) is 7.18. The predicted octanol–water partition coefficient (Wildman–Crippen LogP) is 5.18. The molecule has 0 bridgehead atoms. The van der Waals surface area contributed by atoms with Crippen LogP contribution in [-0.2, 0) is 4.79 Å². The third-order valence-corrected chi connectivity index (χ3v) is 5.37. The van der Waals surface area contributed by atoms with E-state index in [0.29, 0.717) is 28.8 Å². The first kappa shape index (κ1) is 24.0. The summed E-state index contributed by atoms with van der Waals surface area (Å²) in [7, 11) is 0. The lowest BCUT2D eigenvalue weighted by molar-refractivity contribution is -0.111. The molecule has 0 fully saturated rings. The van der Waals surface area contributed by atoms with Gasteiger partial charge >= 0.3 is 0 Å². The van der Waals surface area contributed by atoms with Crippen molar-refractivity contribution >= 4 is 45.5 Å². The van der Waals surface area contributed by atoms with Crippen LogP contribution in [0.4, 0.5) is 21.5 Å². The number of anilines is 3. The summed E-state index contributed by atoms with van der Waals surface area (Å²) in [5.74, 6) is -1.13. The molecule has 1 heterocycles. The van der Waals surface area contributed by atoms with Gasteiger partial charge < -0.3 is 20.6 Å². The van der Waals surface area contributed by atoms with Crippen LogP contribution < -0.4 is 10.6 Å². The second-order valence-corrected chi connectivity index (χ2v) is 7.58. The number of nitrogens with zero attached hydrogens (tertiary/aromatic N) is 3. The van der Waals surface area contributed by atoms with Gasteiger partial charge in [0.2, 0.25) is 5.91 Å². The van der Waals surface area contributed by atoms with E-state index in [1.54, 1.807) is 6.08 Å². The smallest absolute Gasteiger partial charge is 0.248 e. The summed E-state index contributed by atoms with van der Waals surface area (Å²) >= 11 is 5.87. The van der Waals surface area contributed by atoms with Crippen LogP contribution in [0.3, 0.4) is 0 Å². The molecule has 3 N–H and O–H groups in total. The van der Waals surface area contributed by atoms with E-state index in [9.17, 15) is 19.6 Å². The molecule has 3 rings (SSSR count). The summed E-state index contributed by atoms with van der Waals surface area (Å²) in [4.78, 5) is 18.7. The number of phenols is 1. The SMILES string of the molecule is CCN(CC)C/C=C/C(=O)Nc1cc2c(Nc3ccc(F)c(Cl)c3)c(C#N)cnc2cc1O. The fourth-order valence-corrected chi connectivity index (χ4v) is 3.41. The summed E-state index contributed by atoms with van der Waals surface area (Å²) in [5.41, 5.74) is 1.64. The van der Waals surface area contributed by atoms with Crippen molar-refractivity contribution in [3.63, 3.8) is 0 Å². The second kappa shape index (κ2) is 10.8. The third-order valence-electron chi connectivity index (χ3n) is 5.08. The maximum Gasteiger partial charge on any atom is 0.248 e. The Labute approximate surface area is 196 Å². The summed E-state index contributed by atoms with van der Waals surface area (Å²) in [6.45, 7) is 6.46. The van der Waals surface area contributed by atoms with Gasteiger partial charge in [-0.2, -0.15) is 5.26 Å². The summed E-state index contributed by atoms with van der Waals surface area (Å²) in [6.07, 6.45) is 4.52. The van der Waals surface area contributed by atoms with Gasteiger partial charge in [-0.05, 0) is 37.4 Å². The monoisotopic (exact) mass is 467 g/mol. The van der Waals surface area contributed by atoms with Gasteiger partial charge in [0.1, 0.15) is 17.6 Å². The van der Waals surface area contributed by atoms with Gasteiger partial charge in [-0.25, -0.2) is 4.39 Å². The minimum absolute atomic E-state index is 0.0704. The van der Waals surface area contributed by atoms with E-state index in [4.69, 9.17) is 11.6 Å². The zero-order valence-corrected chi connectivity index (χ0v) is 18.9. The van der Waals surface area contributed by atoms with Gasteiger partial charge in [0.15, 0.2) is 0 Å². The molecule has 2 aromatic carbocycles. The number of aromatic nitrogens is 1. The Kier molecular flexibility index (Phi) is 7.83. The maximum absolute atomic E-state index is 13.5. The van der Waals surface area contributed by atoms with Crippen LogP contribution in [0.1, 0.15) is 19.4 Å². The Bertz CT molecular complexity index is 1250. The van der Waals surface area contributed by atoms with Gasteiger partial charge in [-0.3, -0.25) is 9.78 Å². The van der Waals surface area contributed by atoms with E-state index in [1.165, 1.54) is 42.6 Å². The van der Waals surface area contributed by atoms with E-state index < -0.39 is 11.7 Å². The highest BCUT2D eigenvalue weighted by Crippen LogP contribution is 2.35. The van der Waals surface area contributed by atoms with E-state index >= 15 is 0 Å². The van der Waals surface area contributed by atoms with Crippen LogP contribution in [-0.4, -0.2) is 40.5 Å². The molecule has 33 heavy (non-hydrogen) atoms. The first-order valence-corrected chi connectivity index (χ1v) is 10.7. The molecule has 9 heteroatoms. The molecule has 0 atom stereocenters. The molecule has 0 aliphatic rings. The molecule has 0 unspecified atom stereocenters. The van der Waals surface area contributed by atoms with Gasteiger partial charge in [-0.1, -0.05) is 31.5 Å². The zero-order chi connectivity index (χ0) is 24.0. The molecule has 0 spiro atoms. The van der Waals surface area contributed by atoms with Crippen molar-refractivity contribution < 1.29 is 14.3 Å². The van der Waals surface area contributed by atoms with Crippen molar-refractivity contribution in [2.75, 3.05) is 30.3 Å². The van der Waals surface area contributed by atoms with Crippen molar-refractivity contribution in [1.82, 2.24) is 9.88 Å². The highest BCUT2D eigenvalue weighted by molar-refractivity contribution is 6.31. The number of phenolic OH excluding ortho intramolecular Hbond substituents is 1. The Morgan fingerprint density at radius 1 is 1.30 bits per heavy atom. The molecular weight excluding hydrogens is 445 g/mol. The van der Waals surface area contributed by atoms with Crippen LogP contribution in [0.5, 0.6) is 5.75 Å². The molecule has 0 radical (unpaired) electrons. The van der Waals surface area contributed by atoms with Gasteiger partial charge in [-0.15, -0.1) is 0 Å². The molecule has 0 saturated heterocycles. The molecule has 1 aromatic heterocycles. The number of hydrogen-bond donors (Lipinski definition) is 3. The molecule has 0 saturated carbocycles. The summed E-state index contributed by atoms with van der Waals surface area (Å²) in [6, 6.07) is 9.08. The first-order valence-electron chi connectivity index (χ1n) is 10.3. The number of hydrogen-bond acceptors (Lipinski definition) is 6. The first-order chi connectivity index (χ1) is 15.9. The fraction of sp³-hybridized carbons (Fsp3) is 0.208. The van der Waals surface area contributed by atoms with Crippen molar-refractivity contribution in [2.45, 2.75) is 13.8 Å². The average Bonchev–Trinajstić information content (AvgIpc) is 2.80. The lowest BCUT2D eigenvalue weighted by Crippen LogP contribution is -2.23. The summed E-state index contributed by atoms with van der Waals surface area (Å²) in [5, 5.41) is 26.1. The van der Waals surface area contributed by atoms with Crippen molar-refractivity contribution in [3.8, 4) is 11.8 Å². The minimum Gasteiger partial charge on any atom is -0.506 e. The maximum atomic E-state index is 13.5. The lowest BCUT2D eigenvalue weighted by Gasteiger charge is -2.15. The lowest BCUT2D eigenvalue weighted by atomic mass is 10.1. The average molecular weight is 468 g/mol. The Balaban J connectivity index is 1.94. The van der Waals surface area contributed by atoms with Crippen LogP contribution in [0.2, 0.25) is 5.02 Å². The molecule has 0 aliphatic heterocycles. The molecule has 1 amide bonds. The third kappa shape index (κ3) is 5.77. The van der Waals surface area contributed by atoms with Gasteiger partial charge in [0.05, 0.1) is 27.5 Å². The van der Waals surface area contributed by atoms with Crippen molar-refractivity contribution in [3.05, 3.63) is 65.1 Å². The number of nitrogens with one attached hydrogen (secondary N) is 2. The Morgan fingerprint density at radius 2 is 2.06 bits per heavy atom. The molecule has 3 aromatic rings. The number of fused-ring (bicyclic) bond motifs is 1. The Hall–Kier alpha value is -3.67. The number of halogens is 2. The van der Waals surface area contributed by atoms with Crippen LogP contribution in [0.25, 0.3) is 10.9 Å². The van der Waals surface area contributed by atoms with Crippen LogP contribution >= 0.6 is 11.6 Å².